The number of ether oxygens (including phenoxy) is 2. The van der Waals surface area contributed by atoms with Crippen LogP contribution in [0, 0.1) is 0 Å². The fourth-order valence-corrected chi connectivity index (χ4v) is 6.40. The number of para-hydroxylation sites is 1. The molecule has 11 heteroatoms. The van der Waals surface area contributed by atoms with Crippen LogP contribution in [0.4, 0.5) is 5.69 Å². The first-order valence-corrected chi connectivity index (χ1v) is 12.8. The molecule has 1 amide bonds. The van der Waals surface area contributed by atoms with Crippen LogP contribution in [0.25, 0.3) is 0 Å². The first-order valence-electron chi connectivity index (χ1n) is 10.1. The molecular weight excluding hydrogens is 500 g/mol. The van der Waals surface area contributed by atoms with Crippen LogP contribution in [0.3, 0.4) is 0 Å². The van der Waals surface area contributed by atoms with Crippen LogP contribution in [-0.2, 0) is 26.1 Å². The number of carbonyl (C=O) groups excluding carboxylic acids is 2. The SMILES string of the molecule is COC(=O)C1CN(C(=O)c2sccc2Cl)c2ccccc2CN1S(=O)(=O)c1ccc(OC)cc1. The number of anilines is 1. The van der Waals surface area contributed by atoms with E-state index in [0.717, 1.165) is 4.31 Å². The largest absolute Gasteiger partial charge is 0.497 e. The molecule has 0 fully saturated rings. The Kier molecular flexibility index (Phi) is 6.94. The summed E-state index contributed by atoms with van der Waals surface area (Å²) >= 11 is 7.38. The zero-order valence-electron chi connectivity index (χ0n) is 18.3. The quantitative estimate of drug-likeness (QED) is 0.475. The van der Waals surface area contributed by atoms with E-state index in [2.05, 4.69) is 0 Å². The molecule has 0 saturated carbocycles. The van der Waals surface area contributed by atoms with Gasteiger partial charge in [-0.3, -0.25) is 9.59 Å². The van der Waals surface area contributed by atoms with E-state index in [1.807, 2.05) is 0 Å². The highest BCUT2D eigenvalue weighted by molar-refractivity contribution is 7.89. The van der Waals surface area contributed by atoms with Crippen molar-refractivity contribution in [2.45, 2.75) is 17.5 Å². The Morgan fingerprint density at radius 1 is 1.06 bits per heavy atom. The second-order valence-corrected chi connectivity index (χ2v) is 10.6. The summed E-state index contributed by atoms with van der Waals surface area (Å²) in [4.78, 5) is 28.0. The Bertz CT molecular complexity index is 1320. The molecule has 0 N–H and O–H groups in total. The van der Waals surface area contributed by atoms with Crippen molar-refractivity contribution in [3.63, 3.8) is 0 Å². The van der Waals surface area contributed by atoms with Crippen molar-refractivity contribution in [1.29, 1.82) is 0 Å². The van der Waals surface area contributed by atoms with E-state index in [1.54, 1.807) is 35.7 Å². The third-order valence-electron chi connectivity index (χ3n) is 5.51. The number of rotatable bonds is 5. The summed E-state index contributed by atoms with van der Waals surface area (Å²) < 4.78 is 38.5. The summed E-state index contributed by atoms with van der Waals surface area (Å²) in [5.74, 6) is -0.709. The molecule has 1 unspecified atom stereocenters. The van der Waals surface area contributed by atoms with Gasteiger partial charge in [0.2, 0.25) is 10.0 Å². The molecule has 8 nitrogen and oxygen atoms in total. The maximum atomic E-state index is 13.7. The van der Waals surface area contributed by atoms with Crippen LogP contribution in [0.5, 0.6) is 5.75 Å². The minimum absolute atomic E-state index is 0.0132. The number of benzene rings is 2. The third kappa shape index (κ3) is 4.41. The number of carbonyl (C=O) groups is 2. The van der Waals surface area contributed by atoms with Crippen LogP contribution in [0.1, 0.15) is 15.2 Å². The lowest BCUT2D eigenvalue weighted by Crippen LogP contribution is -2.50. The predicted octanol–water partition coefficient (Wildman–Crippen LogP) is 3.80. The van der Waals surface area contributed by atoms with Gasteiger partial charge in [0.25, 0.3) is 5.91 Å². The summed E-state index contributed by atoms with van der Waals surface area (Å²) in [7, 11) is -1.49. The number of methoxy groups -OCH3 is 2. The minimum Gasteiger partial charge on any atom is -0.497 e. The average Bonchev–Trinajstić information content (AvgIpc) is 3.20. The molecule has 1 aliphatic rings. The minimum atomic E-state index is -4.15. The van der Waals surface area contributed by atoms with E-state index in [9.17, 15) is 18.0 Å². The normalized spacial score (nSPS) is 16.4. The number of hydrogen-bond donors (Lipinski definition) is 0. The lowest BCUT2D eigenvalue weighted by molar-refractivity contribution is -0.144. The zero-order chi connectivity index (χ0) is 24.5. The van der Waals surface area contributed by atoms with E-state index in [1.165, 1.54) is 54.7 Å². The van der Waals surface area contributed by atoms with Gasteiger partial charge in [-0.1, -0.05) is 29.8 Å². The zero-order valence-corrected chi connectivity index (χ0v) is 20.7. The van der Waals surface area contributed by atoms with Crippen LogP contribution in [-0.4, -0.2) is 51.4 Å². The molecule has 0 aliphatic carbocycles. The molecule has 4 rings (SSSR count). The molecule has 1 aliphatic heterocycles. The number of nitrogens with zero attached hydrogens (tertiary/aromatic N) is 2. The van der Waals surface area contributed by atoms with Gasteiger partial charge in [-0.25, -0.2) is 8.42 Å². The maximum absolute atomic E-state index is 13.7. The molecule has 0 radical (unpaired) electrons. The first-order chi connectivity index (χ1) is 16.3. The molecular formula is C23H21ClN2O6S2. The van der Waals surface area contributed by atoms with E-state index in [0.29, 0.717) is 21.9 Å². The van der Waals surface area contributed by atoms with Gasteiger partial charge in [-0.2, -0.15) is 4.31 Å². The highest BCUT2D eigenvalue weighted by Crippen LogP contribution is 2.34. The summed E-state index contributed by atoms with van der Waals surface area (Å²) in [6.07, 6.45) is 0. The fraction of sp³-hybridized carbons (Fsp3) is 0.217. The summed E-state index contributed by atoms with van der Waals surface area (Å²) in [5, 5.41) is 1.98. The highest BCUT2D eigenvalue weighted by Gasteiger charge is 2.42. The molecule has 3 aromatic rings. The Morgan fingerprint density at radius 2 is 1.76 bits per heavy atom. The van der Waals surface area contributed by atoms with E-state index in [4.69, 9.17) is 21.1 Å². The number of hydrogen-bond acceptors (Lipinski definition) is 7. The van der Waals surface area contributed by atoms with Crippen LogP contribution >= 0.6 is 22.9 Å². The number of sulfonamides is 1. The molecule has 1 atom stereocenters. The van der Waals surface area contributed by atoms with Gasteiger partial charge in [0, 0.05) is 12.2 Å². The second kappa shape index (κ2) is 9.75. The van der Waals surface area contributed by atoms with E-state index in [-0.39, 0.29) is 23.0 Å². The molecule has 1 aromatic heterocycles. The number of halogens is 1. The van der Waals surface area contributed by atoms with Crippen molar-refractivity contribution in [3.05, 3.63) is 75.4 Å². The van der Waals surface area contributed by atoms with Gasteiger partial charge < -0.3 is 14.4 Å². The Hall–Kier alpha value is -2.92. The number of amides is 1. The molecule has 0 spiro atoms. The predicted molar refractivity (Wildman–Crippen MR) is 129 cm³/mol. The van der Waals surface area contributed by atoms with E-state index >= 15 is 0 Å². The van der Waals surface area contributed by atoms with Gasteiger partial charge in [-0.15, -0.1) is 11.3 Å². The Labute approximate surface area is 206 Å². The average molecular weight is 521 g/mol. The van der Waals surface area contributed by atoms with Gasteiger partial charge in [0.1, 0.15) is 16.7 Å². The van der Waals surface area contributed by atoms with Crippen molar-refractivity contribution in [1.82, 2.24) is 4.31 Å². The first kappa shape index (κ1) is 24.2. The number of esters is 1. The number of fused-ring (bicyclic) bond motifs is 1. The van der Waals surface area contributed by atoms with Gasteiger partial charge in [0.05, 0.1) is 30.7 Å². The summed E-state index contributed by atoms with van der Waals surface area (Å²) in [6.45, 7) is -0.377. The van der Waals surface area contributed by atoms with E-state index < -0.39 is 27.9 Å². The highest BCUT2D eigenvalue weighted by atomic mass is 35.5. The van der Waals surface area contributed by atoms with Crippen molar-refractivity contribution >= 4 is 50.5 Å². The summed E-state index contributed by atoms with van der Waals surface area (Å²) in [5.41, 5.74) is 1.06. The molecule has 178 valence electrons. The van der Waals surface area contributed by atoms with Crippen LogP contribution in [0.2, 0.25) is 5.02 Å². The van der Waals surface area contributed by atoms with Crippen molar-refractivity contribution in [2.24, 2.45) is 0 Å². The van der Waals surface area contributed by atoms with Gasteiger partial charge >= 0.3 is 5.97 Å². The fourth-order valence-electron chi connectivity index (χ4n) is 3.77. The smallest absolute Gasteiger partial charge is 0.326 e. The number of thiophene rings is 1. The van der Waals surface area contributed by atoms with Crippen molar-refractivity contribution in [2.75, 3.05) is 25.7 Å². The Balaban J connectivity index is 1.83. The molecule has 0 bridgehead atoms. The van der Waals surface area contributed by atoms with Crippen LogP contribution in [0.15, 0.2) is 64.9 Å². The molecule has 2 aromatic carbocycles. The third-order valence-corrected chi connectivity index (χ3v) is 8.71. The standard InChI is InChI=1S/C23H21ClN2O6S2/c1-31-16-7-9-17(10-8-16)34(29,30)26-13-15-5-3-4-6-19(15)25(14-20(26)23(28)32-2)22(27)21-18(24)11-12-33-21/h3-12,20H,13-14H2,1-2H3. The van der Waals surface area contributed by atoms with Crippen molar-refractivity contribution < 1.29 is 27.5 Å². The van der Waals surface area contributed by atoms with Crippen molar-refractivity contribution in [3.8, 4) is 5.75 Å². The maximum Gasteiger partial charge on any atom is 0.326 e. The van der Waals surface area contributed by atoms with Gasteiger partial charge in [-0.05, 0) is 47.3 Å². The Morgan fingerprint density at radius 3 is 2.38 bits per heavy atom. The van der Waals surface area contributed by atoms with Crippen LogP contribution < -0.4 is 9.64 Å². The molecule has 0 saturated heterocycles. The van der Waals surface area contributed by atoms with Gasteiger partial charge in [0.15, 0.2) is 0 Å². The summed E-state index contributed by atoms with van der Waals surface area (Å²) in [6, 6.07) is 13.1. The lowest BCUT2D eigenvalue weighted by Gasteiger charge is -2.29. The molecule has 34 heavy (non-hydrogen) atoms. The lowest BCUT2D eigenvalue weighted by atomic mass is 10.1. The second-order valence-electron chi connectivity index (χ2n) is 7.41. The molecule has 2 heterocycles. The topological polar surface area (TPSA) is 93.2 Å². The monoisotopic (exact) mass is 520 g/mol.